The first-order valence-corrected chi connectivity index (χ1v) is 7.69. The third-order valence-corrected chi connectivity index (χ3v) is 5.54. The molecule has 1 saturated carbocycles. The SMILES string of the molecule is N#CCS(=O)(=O)N1C(C(=O)O)CC2CCCCC21. The highest BCUT2D eigenvalue weighted by atomic mass is 32.2. The molecule has 2 rings (SSSR count). The van der Waals surface area contributed by atoms with Gasteiger partial charge in [-0.1, -0.05) is 12.8 Å². The first-order chi connectivity index (χ1) is 8.47. The van der Waals surface area contributed by atoms with Crippen LogP contribution in [0.25, 0.3) is 0 Å². The Morgan fingerprint density at radius 3 is 2.67 bits per heavy atom. The topological polar surface area (TPSA) is 98.5 Å². The minimum atomic E-state index is -3.78. The number of nitriles is 1. The van der Waals surface area contributed by atoms with E-state index in [-0.39, 0.29) is 12.0 Å². The number of fused-ring (bicyclic) bond motifs is 1. The lowest BCUT2D eigenvalue weighted by Gasteiger charge is -2.31. The van der Waals surface area contributed by atoms with Crippen LogP contribution in [0.2, 0.25) is 0 Å². The smallest absolute Gasteiger partial charge is 0.322 e. The van der Waals surface area contributed by atoms with E-state index in [1.807, 2.05) is 0 Å². The molecule has 2 aliphatic rings. The van der Waals surface area contributed by atoms with Gasteiger partial charge in [0.05, 0.1) is 6.07 Å². The van der Waals surface area contributed by atoms with Crippen LogP contribution in [0.1, 0.15) is 32.1 Å². The predicted octanol–water partition coefficient (Wildman–Crippen LogP) is 0.557. The Kier molecular flexibility index (Phi) is 3.59. The fraction of sp³-hybridized carbons (Fsp3) is 0.818. The summed E-state index contributed by atoms with van der Waals surface area (Å²) in [7, 11) is -3.78. The number of carbonyl (C=O) groups is 1. The van der Waals surface area contributed by atoms with E-state index in [0.717, 1.165) is 23.6 Å². The van der Waals surface area contributed by atoms with Crippen molar-refractivity contribution in [1.82, 2.24) is 4.31 Å². The van der Waals surface area contributed by atoms with Gasteiger partial charge in [0.1, 0.15) is 6.04 Å². The number of hydrogen-bond donors (Lipinski definition) is 1. The van der Waals surface area contributed by atoms with Crippen LogP contribution in [0.15, 0.2) is 0 Å². The summed E-state index contributed by atoms with van der Waals surface area (Å²) in [6, 6.07) is 0.404. The molecule has 100 valence electrons. The van der Waals surface area contributed by atoms with E-state index < -0.39 is 27.8 Å². The maximum absolute atomic E-state index is 12.0. The number of sulfonamides is 1. The largest absolute Gasteiger partial charge is 0.480 e. The molecule has 0 aromatic rings. The van der Waals surface area contributed by atoms with Crippen LogP contribution >= 0.6 is 0 Å². The molecule has 0 aromatic carbocycles. The van der Waals surface area contributed by atoms with Crippen molar-refractivity contribution in [2.75, 3.05) is 5.75 Å². The van der Waals surface area contributed by atoms with Gasteiger partial charge in [0, 0.05) is 6.04 Å². The summed E-state index contributed by atoms with van der Waals surface area (Å²) in [6.45, 7) is 0. The highest BCUT2D eigenvalue weighted by Gasteiger charge is 2.50. The standard InChI is InChI=1S/C11H16N2O4S/c12-5-6-18(16,17)13-9-4-2-1-3-8(9)7-10(13)11(14)15/h8-10H,1-4,6-7H2,(H,14,15). The molecule has 3 unspecified atom stereocenters. The van der Waals surface area contributed by atoms with Gasteiger partial charge in [-0.15, -0.1) is 0 Å². The summed E-state index contributed by atoms with van der Waals surface area (Å²) in [5, 5.41) is 17.8. The molecule has 1 N–H and O–H groups in total. The Morgan fingerprint density at radius 1 is 1.39 bits per heavy atom. The van der Waals surface area contributed by atoms with Crippen LogP contribution in [-0.2, 0) is 14.8 Å². The van der Waals surface area contributed by atoms with Gasteiger partial charge in [-0.25, -0.2) is 8.42 Å². The lowest BCUT2D eigenvalue weighted by Crippen LogP contribution is -2.46. The Labute approximate surface area is 106 Å². The summed E-state index contributed by atoms with van der Waals surface area (Å²) in [5.41, 5.74) is 0. The molecule has 0 bridgehead atoms. The highest BCUT2D eigenvalue weighted by molar-refractivity contribution is 7.89. The summed E-state index contributed by atoms with van der Waals surface area (Å²) in [5.74, 6) is -1.61. The molecule has 0 amide bonds. The lowest BCUT2D eigenvalue weighted by molar-refractivity contribution is -0.140. The van der Waals surface area contributed by atoms with Gasteiger partial charge in [-0.3, -0.25) is 4.79 Å². The van der Waals surface area contributed by atoms with Crippen LogP contribution in [0.3, 0.4) is 0 Å². The Bertz CT molecular complexity index is 482. The van der Waals surface area contributed by atoms with E-state index in [1.54, 1.807) is 6.07 Å². The average molecular weight is 272 g/mol. The van der Waals surface area contributed by atoms with Crippen LogP contribution in [0.4, 0.5) is 0 Å². The van der Waals surface area contributed by atoms with Crippen molar-refractivity contribution in [3.63, 3.8) is 0 Å². The first kappa shape index (κ1) is 13.3. The van der Waals surface area contributed by atoms with E-state index in [9.17, 15) is 18.3 Å². The minimum Gasteiger partial charge on any atom is -0.480 e. The van der Waals surface area contributed by atoms with Gasteiger partial charge < -0.3 is 5.11 Å². The quantitative estimate of drug-likeness (QED) is 0.809. The first-order valence-electron chi connectivity index (χ1n) is 6.08. The van der Waals surface area contributed by atoms with Crippen molar-refractivity contribution in [2.45, 2.75) is 44.2 Å². The number of carboxylic acids is 1. The maximum atomic E-state index is 12.0. The highest BCUT2D eigenvalue weighted by Crippen LogP contribution is 2.41. The van der Waals surface area contributed by atoms with E-state index in [2.05, 4.69) is 0 Å². The van der Waals surface area contributed by atoms with Crippen LogP contribution in [-0.4, -0.2) is 41.6 Å². The number of rotatable bonds is 3. The van der Waals surface area contributed by atoms with E-state index in [1.165, 1.54) is 0 Å². The Morgan fingerprint density at radius 2 is 2.06 bits per heavy atom. The minimum absolute atomic E-state index is 0.133. The third kappa shape index (κ3) is 2.22. The summed E-state index contributed by atoms with van der Waals surface area (Å²) < 4.78 is 25.2. The number of carboxylic acid groups (broad SMARTS) is 1. The molecule has 1 saturated heterocycles. The number of aliphatic carboxylic acids is 1. The van der Waals surface area contributed by atoms with Gasteiger partial charge in [-0.05, 0) is 25.2 Å². The zero-order valence-electron chi connectivity index (χ0n) is 9.95. The molecule has 2 fully saturated rings. The van der Waals surface area contributed by atoms with E-state index >= 15 is 0 Å². The molecule has 7 heteroatoms. The molecule has 1 heterocycles. The molecule has 0 aromatic heterocycles. The van der Waals surface area contributed by atoms with Gasteiger partial charge in [0.15, 0.2) is 5.75 Å². The fourth-order valence-corrected chi connectivity index (χ4v) is 4.75. The van der Waals surface area contributed by atoms with Crippen molar-refractivity contribution in [3.05, 3.63) is 0 Å². The molecule has 6 nitrogen and oxygen atoms in total. The summed E-state index contributed by atoms with van der Waals surface area (Å²) in [6.07, 6.45) is 3.92. The molecule has 1 aliphatic carbocycles. The number of nitrogens with zero attached hydrogens (tertiary/aromatic N) is 2. The monoisotopic (exact) mass is 272 g/mol. The van der Waals surface area contributed by atoms with E-state index in [4.69, 9.17) is 5.26 Å². The molecular weight excluding hydrogens is 256 g/mol. The molecule has 18 heavy (non-hydrogen) atoms. The van der Waals surface area contributed by atoms with Crippen molar-refractivity contribution in [3.8, 4) is 6.07 Å². The van der Waals surface area contributed by atoms with Crippen molar-refractivity contribution in [1.29, 1.82) is 5.26 Å². The Balaban J connectivity index is 2.33. The van der Waals surface area contributed by atoms with Crippen LogP contribution < -0.4 is 0 Å². The normalized spacial score (nSPS) is 32.7. The third-order valence-electron chi connectivity index (χ3n) is 3.88. The maximum Gasteiger partial charge on any atom is 0.322 e. The molecule has 3 atom stereocenters. The lowest BCUT2D eigenvalue weighted by atomic mass is 9.85. The summed E-state index contributed by atoms with van der Waals surface area (Å²) >= 11 is 0. The number of hydrogen-bond acceptors (Lipinski definition) is 4. The zero-order valence-corrected chi connectivity index (χ0v) is 10.8. The Hall–Kier alpha value is -1.13. The van der Waals surface area contributed by atoms with E-state index in [0.29, 0.717) is 12.8 Å². The van der Waals surface area contributed by atoms with Crippen molar-refractivity contribution >= 4 is 16.0 Å². The van der Waals surface area contributed by atoms with Gasteiger partial charge >= 0.3 is 5.97 Å². The molecule has 0 spiro atoms. The average Bonchev–Trinajstić information content (AvgIpc) is 2.68. The predicted molar refractivity (Wildman–Crippen MR) is 63.0 cm³/mol. The second kappa shape index (κ2) is 4.86. The van der Waals surface area contributed by atoms with Gasteiger partial charge in [-0.2, -0.15) is 9.57 Å². The fourth-order valence-electron chi connectivity index (χ4n) is 3.19. The van der Waals surface area contributed by atoms with Crippen molar-refractivity contribution < 1.29 is 18.3 Å². The second-order valence-electron chi connectivity index (χ2n) is 4.95. The van der Waals surface area contributed by atoms with Gasteiger partial charge in [0.25, 0.3) is 0 Å². The molecular formula is C11H16N2O4S. The second-order valence-corrected chi connectivity index (χ2v) is 6.82. The van der Waals surface area contributed by atoms with Crippen molar-refractivity contribution in [2.24, 2.45) is 5.92 Å². The zero-order chi connectivity index (χ0) is 13.3. The van der Waals surface area contributed by atoms with Gasteiger partial charge in [0.2, 0.25) is 10.0 Å². The van der Waals surface area contributed by atoms with Crippen LogP contribution in [0, 0.1) is 17.2 Å². The molecule has 1 aliphatic heterocycles. The summed E-state index contributed by atoms with van der Waals surface area (Å²) in [4.78, 5) is 11.2. The van der Waals surface area contributed by atoms with Crippen LogP contribution in [0.5, 0.6) is 0 Å². The molecule has 0 radical (unpaired) electrons.